The van der Waals surface area contributed by atoms with E-state index in [0.717, 1.165) is 10.2 Å². The SMILES string of the molecule is CC(C)(C)c1ccc(CSc2cnn(COC(=O)CCC(=O)O)c(=O)c2Cl)cc1. The highest BCUT2D eigenvalue weighted by molar-refractivity contribution is 7.98. The lowest BCUT2D eigenvalue weighted by Crippen LogP contribution is -2.26. The Hall–Kier alpha value is -2.32. The molecule has 156 valence electrons. The number of thioether (sulfide) groups is 1. The highest BCUT2D eigenvalue weighted by Crippen LogP contribution is 2.28. The topological polar surface area (TPSA) is 98.5 Å². The summed E-state index contributed by atoms with van der Waals surface area (Å²) >= 11 is 7.55. The largest absolute Gasteiger partial charge is 0.481 e. The van der Waals surface area contributed by atoms with Crippen LogP contribution in [0.2, 0.25) is 5.02 Å². The Morgan fingerprint density at radius 3 is 2.45 bits per heavy atom. The van der Waals surface area contributed by atoms with Crippen molar-refractivity contribution in [3.8, 4) is 0 Å². The van der Waals surface area contributed by atoms with Crippen LogP contribution in [0.3, 0.4) is 0 Å². The highest BCUT2D eigenvalue weighted by Gasteiger charge is 2.14. The Bertz CT molecular complexity index is 935. The Morgan fingerprint density at radius 2 is 1.86 bits per heavy atom. The fraction of sp³-hybridized carbons (Fsp3) is 0.400. The molecule has 7 nitrogen and oxygen atoms in total. The lowest BCUT2D eigenvalue weighted by Gasteiger charge is -2.19. The van der Waals surface area contributed by atoms with E-state index in [0.29, 0.717) is 10.6 Å². The molecule has 9 heteroatoms. The number of carbonyl (C=O) groups is 2. The Balaban J connectivity index is 1.97. The molecule has 0 radical (unpaired) electrons. The minimum atomic E-state index is -1.10. The van der Waals surface area contributed by atoms with Crippen LogP contribution in [-0.4, -0.2) is 26.8 Å². The maximum atomic E-state index is 12.3. The number of carboxylic acids is 1. The van der Waals surface area contributed by atoms with Crippen molar-refractivity contribution < 1.29 is 19.4 Å². The molecule has 1 N–H and O–H groups in total. The Kier molecular flexibility index (Phi) is 7.87. The van der Waals surface area contributed by atoms with Crippen molar-refractivity contribution in [2.24, 2.45) is 0 Å². The average Bonchev–Trinajstić information content (AvgIpc) is 2.66. The molecule has 0 aliphatic rings. The Morgan fingerprint density at radius 1 is 1.21 bits per heavy atom. The summed E-state index contributed by atoms with van der Waals surface area (Å²) in [6.45, 7) is 6.04. The molecule has 1 aromatic carbocycles. The van der Waals surface area contributed by atoms with Crippen molar-refractivity contribution >= 4 is 35.3 Å². The molecule has 1 aromatic heterocycles. The third-order valence-corrected chi connectivity index (χ3v) is 5.63. The number of ether oxygens (including phenoxy) is 1. The minimum Gasteiger partial charge on any atom is -0.481 e. The van der Waals surface area contributed by atoms with E-state index in [-0.39, 0.29) is 23.3 Å². The lowest BCUT2D eigenvalue weighted by atomic mass is 9.87. The van der Waals surface area contributed by atoms with Crippen LogP contribution in [0.1, 0.15) is 44.7 Å². The minimum absolute atomic E-state index is 0.00195. The van der Waals surface area contributed by atoms with Crippen molar-refractivity contribution in [1.82, 2.24) is 9.78 Å². The van der Waals surface area contributed by atoms with Gasteiger partial charge in [0.2, 0.25) is 0 Å². The summed E-state index contributed by atoms with van der Waals surface area (Å²) in [5.41, 5.74) is 1.84. The molecule has 1 heterocycles. The van der Waals surface area contributed by atoms with Crippen LogP contribution in [0.25, 0.3) is 0 Å². The van der Waals surface area contributed by atoms with Gasteiger partial charge in [-0.3, -0.25) is 14.4 Å². The molecule has 0 aliphatic carbocycles. The van der Waals surface area contributed by atoms with E-state index in [2.05, 4.69) is 38.0 Å². The molecule has 0 saturated carbocycles. The Labute approximate surface area is 178 Å². The maximum absolute atomic E-state index is 12.3. The van der Waals surface area contributed by atoms with Gasteiger partial charge in [0.15, 0.2) is 6.73 Å². The normalized spacial score (nSPS) is 11.3. The summed E-state index contributed by atoms with van der Waals surface area (Å²) in [5, 5.41) is 12.5. The average molecular weight is 439 g/mol. The fourth-order valence-electron chi connectivity index (χ4n) is 2.32. The summed E-state index contributed by atoms with van der Waals surface area (Å²) in [7, 11) is 0. The first kappa shape index (κ1) is 23.0. The second-order valence-electron chi connectivity index (χ2n) is 7.40. The van der Waals surface area contributed by atoms with Crippen LogP contribution in [-0.2, 0) is 32.2 Å². The van der Waals surface area contributed by atoms with Gasteiger partial charge in [-0.05, 0) is 16.5 Å². The first-order valence-corrected chi connectivity index (χ1v) is 10.3. The van der Waals surface area contributed by atoms with Crippen molar-refractivity contribution in [2.45, 2.75) is 56.4 Å². The molecule has 0 amide bonds. The van der Waals surface area contributed by atoms with Gasteiger partial charge in [-0.2, -0.15) is 9.78 Å². The molecule has 0 aliphatic heterocycles. The number of rotatable bonds is 8. The molecule has 0 fully saturated rings. The number of aromatic nitrogens is 2. The predicted molar refractivity (Wildman–Crippen MR) is 111 cm³/mol. The lowest BCUT2D eigenvalue weighted by molar-refractivity contribution is -0.151. The quantitative estimate of drug-likeness (QED) is 0.493. The molecular formula is C20H23ClN2O5S. The van der Waals surface area contributed by atoms with Crippen LogP contribution in [0, 0.1) is 0 Å². The van der Waals surface area contributed by atoms with Crippen LogP contribution in [0.5, 0.6) is 0 Å². The van der Waals surface area contributed by atoms with Crippen LogP contribution in [0.4, 0.5) is 0 Å². The zero-order valence-corrected chi connectivity index (χ0v) is 18.0. The molecule has 29 heavy (non-hydrogen) atoms. The van der Waals surface area contributed by atoms with Gasteiger partial charge in [-0.1, -0.05) is 56.6 Å². The molecule has 2 rings (SSSR count). The number of esters is 1. The van der Waals surface area contributed by atoms with Gasteiger partial charge in [0, 0.05) is 5.75 Å². The zero-order chi connectivity index (χ0) is 21.6. The van der Waals surface area contributed by atoms with E-state index >= 15 is 0 Å². The first-order chi connectivity index (χ1) is 13.6. The van der Waals surface area contributed by atoms with E-state index in [1.165, 1.54) is 23.5 Å². The number of carbonyl (C=O) groups excluding carboxylic acids is 1. The summed E-state index contributed by atoms with van der Waals surface area (Å²) in [6, 6.07) is 8.28. The summed E-state index contributed by atoms with van der Waals surface area (Å²) in [5.74, 6) is -1.21. The standard InChI is InChI=1S/C20H23ClN2O5S/c1-20(2,3)14-6-4-13(5-7-14)11-29-15-10-22-23(19(27)18(15)21)12-28-17(26)9-8-16(24)25/h4-7,10H,8-9,11-12H2,1-3H3,(H,24,25). The molecule has 0 unspecified atom stereocenters. The monoisotopic (exact) mass is 438 g/mol. The van der Waals surface area contributed by atoms with Gasteiger partial charge >= 0.3 is 11.9 Å². The van der Waals surface area contributed by atoms with Crippen LogP contribution < -0.4 is 5.56 Å². The van der Waals surface area contributed by atoms with Crippen molar-refractivity contribution in [3.63, 3.8) is 0 Å². The highest BCUT2D eigenvalue weighted by atomic mass is 35.5. The molecule has 0 spiro atoms. The smallest absolute Gasteiger partial charge is 0.308 e. The number of halogens is 1. The molecule has 0 bridgehead atoms. The maximum Gasteiger partial charge on any atom is 0.308 e. The van der Waals surface area contributed by atoms with Gasteiger partial charge in [0.25, 0.3) is 5.56 Å². The predicted octanol–water partition coefficient (Wildman–Crippen LogP) is 3.85. The zero-order valence-electron chi connectivity index (χ0n) is 16.5. The van der Waals surface area contributed by atoms with Gasteiger partial charge < -0.3 is 9.84 Å². The molecule has 2 aromatic rings. The van der Waals surface area contributed by atoms with Gasteiger partial charge in [-0.25, -0.2) is 0 Å². The number of hydrogen-bond acceptors (Lipinski definition) is 6. The molecular weight excluding hydrogens is 416 g/mol. The summed E-state index contributed by atoms with van der Waals surface area (Å²) < 4.78 is 5.77. The number of hydrogen-bond donors (Lipinski definition) is 1. The first-order valence-electron chi connectivity index (χ1n) is 8.93. The number of aliphatic carboxylic acids is 1. The third kappa shape index (κ3) is 6.90. The fourth-order valence-corrected chi connectivity index (χ4v) is 3.48. The van der Waals surface area contributed by atoms with E-state index in [9.17, 15) is 14.4 Å². The number of carboxylic acid groups (broad SMARTS) is 1. The van der Waals surface area contributed by atoms with E-state index in [1.54, 1.807) is 0 Å². The molecule has 0 atom stereocenters. The van der Waals surface area contributed by atoms with Gasteiger partial charge in [0.1, 0.15) is 5.02 Å². The van der Waals surface area contributed by atoms with Gasteiger partial charge in [0.05, 0.1) is 23.9 Å². The van der Waals surface area contributed by atoms with Gasteiger partial charge in [-0.15, -0.1) is 11.8 Å². The van der Waals surface area contributed by atoms with E-state index in [4.69, 9.17) is 21.4 Å². The molecule has 0 saturated heterocycles. The summed E-state index contributed by atoms with van der Waals surface area (Å²) in [6.07, 6.45) is 0.830. The van der Waals surface area contributed by atoms with Crippen molar-refractivity contribution in [3.05, 3.63) is 57.0 Å². The van der Waals surface area contributed by atoms with Crippen molar-refractivity contribution in [1.29, 1.82) is 0 Å². The van der Waals surface area contributed by atoms with E-state index < -0.39 is 24.2 Å². The van der Waals surface area contributed by atoms with Crippen LogP contribution >= 0.6 is 23.4 Å². The van der Waals surface area contributed by atoms with E-state index in [1.807, 2.05) is 12.1 Å². The third-order valence-electron chi connectivity index (χ3n) is 4.06. The van der Waals surface area contributed by atoms with Crippen molar-refractivity contribution in [2.75, 3.05) is 0 Å². The second-order valence-corrected chi connectivity index (χ2v) is 8.80. The second kappa shape index (κ2) is 9.93. The number of benzene rings is 1. The summed E-state index contributed by atoms with van der Waals surface area (Å²) in [4.78, 5) is 34.7. The van der Waals surface area contributed by atoms with Crippen LogP contribution in [0.15, 0.2) is 40.2 Å². The number of nitrogens with zero attached hydrogens (tertiary/aromatic N) is 2.